The van der Waals surface area contributed by atoms with Crippen LogP contribution in [0.25, 0.3) is 33.8 Å². The lowest BCUT2D eigenvalue weighted by molar-refractivity contribution is 0.283. The van der Waals surface area contributed by atoms with Crippen molar-refractivity contribution in [2.45, 2.75) is 39.1 Å². The average Bonchev–Trinajstić information content (AvgIpc) is 3.47. The highest BCUT2D eigenvalue weighted by Gasteiger charge is 2.23. The molecule has 0 N–H and O–H groups in total. The number of aromatic nitrogens is 3. The van der Waals surface area contributed by atoms with Gasteiger partial charge in [-0.3, -0.25) is 15.0 Å². The fourth-order valence-electron chi connectivity index (χ4n) is 8.75. The van der Waals surface area contributed by atoms with Crippen molar-refractivity contribution in [3.8, 4) is 68.3 Å². The summed E-state index contributed by atoms with van der Waals surface area (Å²) >= 11 is 0. The molecular formula is C60H51N3O6. The molecule has 1 aliphatic carbocycles. The number of benzene rings is 6. The van der Waals surface area contributed by atoms with Crippen molar-refractivity contribution in [2.75, 3.05) is 21.3 Å². The van der Waals surface area contributed by atoms with Gasteiger partial charge in [-0.15, -0.1) is 0 Å². The van der Waals surface area contributed by atoms with Crippen LogP contribution in [0.5, 0.6) is 34.5 Å². The summed E-state index contributed by atoms with van der Waals surface area (Å²) in [4.78, 5) is 13.5. The smallest absolute Gasteiger partial charge is 0.161 e. The Bertz CT molecular complexity index is 2820. The van der Waals surface area contributed by atoms with Crippen molar-refractivity contribution in [3.05, 3.63) is 232 Å². The largest absolute Gasteiger partial charge is 0.493 e. The standard InChI is InChI=1S/C60H51N3O6/c1-64-55-31-46-28-50-35-59(68-38-41-15-21-44(22-16-41)53-11-5-8-26-62-53)57(66-3)33-48(50)30-51-36-60(69-39-42-17-23-45(24-18-42)54-12-6-9-27-63-54)56(65-2)32-47(51)29-49(46)34-58(55)67-37-40-13-19-43(20-14-40)52-10-4-7-25-61-52/h4-27,31-36H,28-30,37-39H2,1-3H3. The van der Waals surface area contributed by atoms with E-state index in [1.807, 2.05) is 73.2 Å². The third-order valence-electron chi connectivity index (χ3n) is 12.5. The van der Waals surface area contributed by atoms with E-state index in [1.165, 1.54) is 0 Å². The number of rotatable bonds is 15. The maximum atomic E-state index is 6.58. The van der Waals surface area contributed by atoms with E-state index in [9.17, 15) is 0 Å². The van der Waals surface area contributed by atoms with E-state index in [1.54, 1.807) is 21.3 Å². The van der Waals surface area contributed by atoms with Crippen LogP contribution in [0.1, 0.15) is 50.1 Å². The Morgan fingerprint density at radius 1 is 0.319 bits per heavy atom. The minimum Gasteiger partial charge on any atom is -0.493 e. The van der Waals surface area contributed by atoms with E-state index in [0.717, 1.165) is 83.8 Å². The molecule has 3 aromatic heterocycles. The minimum absolute atomic E-state index is 0.365. The number of ether oxygens (including phenoxy) is 6. The quantitative estimate of drug-likeness (QED) is 0.0996. The van der Waals surface area contributed by atoms with Gasteiger partial charge in [0.1, 0.15) is 19.8 Å². The van der Waals surface area contributed by atoms with Crippen molar-refractivity contribution in [2.24, 2.45) is 0 Å². The Hall–Kier alpha value is -8.43. The molecule has 342 valence electrons. The van der Waals surface area contributed by atoms with Gasteiger partial charge in [-0.25, -0.2) is 0 Å². The fourth-order valence-corrected chi connectivity index (χ4v) is 8.75. The van der Waals surface area contributed by atoms with Gasteiger partial charge in [0.25, 0.3) is 0 Å². The molecule has 0 saturated carbocycles. The van der Waals surface area contributed by atoms with Gasteiger partial charge >= 0.3 is 0 Å². The number of hydrogen-bond donors (Lipinski definition) is 0. The molecule has 0 radical (unpaired) electrons. The zero-order valence-corrected chi connectivity index (χ0v) is 38.9. The molecule has 3 heterocycles. The second kappa shape index (κ2) is 20.6. The predicted molar refractivity (Wildman–Crippen MR) is 269 cm³/mol. The van der Waals surface area contributed by atoms with E-state index in [2.05, 4.69) is 124 Å². The van der Waals surface area contributed by atoms with Gasteiger partial charge in [0.15, 0.2) is 34.5 Å². The van der Waals surface area contributed by atoms with Crippen molar-refractivity contribution >= 4 is 0 Å². The normalized spacial score (nSPS) is 11.7. The van der Waals surface area contributed by atoms with Gasteiger partial charge in [0.05, 0.1) is 38.4 Å². The molecule has 69 heavy (non-hydrogen) atoms. The molecular weight excluding hydrogens is 859 g/mol. The van der Waals surface area contributed by atoms with Gasteiger partial charge in [-0.1, -0.05) is 91.0 Å². The first-order valence-electron chi connectivity index (χ1n) is 23.0. The lowest BCUT2D eigenvalue weighted by atomic mass is 9.94. The van der Waals surface area contributed by atoms with Crippen molar-refractivity contribution < 1.29 is 28.4 Å². The van der Waals surface area contributed by atoms with Gasteiger partial charge in [-0.2, -0.15) is 0 Å². The van der Waals surface area contributed by atoms with Crippen molar-refractivity contribution in [1.82, 2.24) is 15.0 Å². The van der Waals surface area contributed by atoms with Crippen LogP contribution in [0.2, 0.25) is 0 Å². The second-order valence-electron chi connectivity index (χ2n) is 16.9. The van der Waals surface area contributed by atoms with Gasteiger partial charge in [-0.05, 0) is 142 Å². The number of methoxy groups -OCH3 is 3. The molecule has 0 unspecified atom stereocenters. The zero-order chi connectivity index (χ0) is 46.9. The highest BCUT2D eigenvalue weighted by Crippen LogP contribution is 2.42. The molecule has 0 bridgehead atoms. The third-order valence-corrected chi connectivity index (χ3v) is 12.5. The molecule has 0 aliphatic heterocycles. The second-order valence-corrected chi connectivity index (χ2v) is 16.9. The Morgan fingerprint density at radius 2 is 0.580 bits per heavy atom. The van der Waals surface area contributed by atoms with Crippen molar-refractivity contribution in [3.63, 3.8) is 0 Å². The van der Waals surface area contributed by atoms with Crippen LogP contribution in [0.15, 0.2) is 182 Å². The van der Waals surface area contributed by atoms with Gasteiger partial charge < -0.3 is 28.4 Å². The summed E-state index contributed by atoms with van der Waals surface area (Å²) < 4.78 is 37.9. The van der Waals surface area contributed by atoms with E-state index in [0.29, 0.717) is 73.6 Å². The van der Waals surface area contributed by atoms with Crippen LogP contribution >= 0.6 is 0 Å². The molecule has 1 aliphatic rings. The SMILES string of the molecule is COc1cc2c(cc1OCc1ccc(-c3ccccn3)cc1)Cc1cc(OC)c(OCc3ccc(-c4ccccn4)cc3)cc1Cc1cc(OC)c(OCc3ccc(-c4ccccn4)cc3)cc1C2. The topological polar surface area (TPSA) is 94.1 Å². The molecule has 10 rings (SSSR count). The van der Waals surface area contributed by atoms with Crippen LogP contribution in [0.3, 0.4) is 0 Å². The molecule has 0 saturated heterocycles. The highest BCUT2D eigenvalue weighted by molar-refractivity contribution is 5.62. The number of pyridine rings is 3. The van der Waals surface area contributed by atoms with Gasteiger partial charge in [0, 0.05) is 35.3 Å². The van der Waals surface area contributed by atoms with Gasteiger partial charge in [0.2, 0.25) is 0 Å². The molecule has 9 heteroatoms. The first-order valence-corrected chi connectivity index (χ1v) is 23.0. The number of hydrogen-bond acceptors (Lipinski definition) is 9. The molecule has 9 nitrogen and oxygen atoms in total. The molecule has 0 fully saturated rings. The summed E-state index contributed by atoms with van der Waals surface area (Å²) in [5.74, 6) is 3.98. The molecule has 6 aromatic carbocycles. The summed E-state index contributed by atoms with van der Waals surface area (Å²) in [7, 11) is 5.07. The van der Waals surface area contributed by atoms with E-state index in [4.69, 9.17) is 28.4 Å². The summed E-state index contributed by atoms with van der Waals surface area (Å²) in [6.07, 6.45) is 7.29. The minimum atomic E-state index is 0.365. The monoisotopic (exact) mass is 909 g/mol. The van der Waals surface area contributed by atoms with Crippen LogP contribution in [0, 0.1) is 0 Å². The van der Waals surface area contributed by atoms with E-state index < -0.39 is 0 Å². The van der Waals surface area contributed by atoms with Crippen LogP contribution in [-0.4, -0.2) is 36.3 Å². The maximum absolute atomic E-state index is 6.58. The zero-order valence-electron chi connectivity index (χ0n) is 38.9. The van der Waals surface area contributed by atoms with Crippen LogP contribution in [0.4, 0.5) is 0 Å². The van der Waals surface area contributed by atoms with Crippen LogP contribution < -0.4 is 28.4 Å². The first kappa shape index (κ1) is 44.4. The van der Waals surface area contributed by atoms with Crippen LogP contribution in [-0.2, 0) is 39.1 Å². The molecule has 0 amide bonds. The first-order chi connectivity index (χ1) is 34.0. The van der Waals surface area contributed by atoms with E-state index in [-0.39, 0.29) is 0 Å². The Morgan fingerprint density at radius 3 is 0.812 bits per heavy atom. The number of fused-ring (bicyclic) bond motifs is 3. The fraction of sp³-hybridized carbons (Fsp3) is 0.150. The molecule has 0 atom stereocenters. The number of nitrogens with zero attached hydrogens (tertiary/aromatic N) is 3. The summed E-state index contributed by atoms with van der Waals surface area (Å²) in [6, 6.07) is 55.5. The Balaban J connectivity index is 0.977. The van der Waals surface area contributed by atoms with E-state index >= 15 is 0 Å². The Kier molecular flexibility index (Phi) is 13.3. The van der Waals surface area contributed by atoms with Crippen molar-refractivity contribution in [1.29, 1.82) is 0 Å². The predicted octanol–water partition coefficient (Wildman–Crippen LogP) is 12.7. The lowest BCUT2D eigenvalue weighted by Crippen LogP contribution is -2.04. The third kappa shape index (κ3) is 10.3. The average molecular weight is 910 g/mol. The molecule has 0 spiro atoms. The maximum Gasteiger partial charge on any atom is 0.161 e. The summed E-state index contributed by atoms with van der Waals surface area (Å²) in [5.41, 5.74) is 15.7. The lowest BCUT2D eigenvalue weighted by Gasteiger charge is -2.18. The Labute approximate surface area is 403 Å². The highest BCUT2D eigenvalue weighted by atomic mass is 16.5. The molecule has 9 aromatic rings. The summed E-state index contributed by atoms with van der Waals surface area (Å²) in [6.45, 7) is 1.09. The summed E-state index contributed by atoms with van der Waals surface area (Å²) in [5, 5.41) is 0.